The first-order chi connectivity index (χ1) is 6.61. The normalized spacial score (nSPS) is 23.1. The molecule has 1 aliphatic rings. The number of aliphatic hydroxyl groups excluding tert-OH is 1. The molecule has 0 aromatic carbocycles. The molecule has 1 rings (SSSR count). The lowest BCUT2D eigenvalue weighted by Crippen LogP contribution is -2.41. The van der Waals surface area contributed by atoms with Gasteiger partial charge in [-0.2, -0.15) is 0 Å². The van der Waals surface area contributed by atoms with E-state index in [1.54, 1.807) is 0 Å². The molecule has 0 aromatic heterocycles. The summed E-state index contributed by atoms with van der Waals surface area (Å²) >= 11 is 0. The van der Waals surface area contributed by atoms with Crippen LogP contribution in [0.5, 0.6) is 0 Å². The topological polar surface area (TPSA) is 95.9 Å². The van der Waals surface area contributed by atoms with E-state index in [0.717, 1.165) is 6.42 Å². The number of nitrogens with one attached hydrogen (secondary N) is 1. The highest BCUT2D eigenvalue weighted by Crippen LogP contribution is 2.11. The Morgan fingerprint density at radius 2 is 2.29 bits per heavy atom. The maximum atomic E-state index is 11.2. The monoisotopic (exact) mass is 203 g/mol. The number of carboxylic acids is 1. The fourth-order valence-electron chi connectivity index (χ4n) is 1.18. The Bertz CT molecular complexity index is 224. The van der Waals surface area contributed by atoms with Gasteiger partial charge in [-0.3, -0.25) is 4.79 Å². The van der Waals surface area contributed by atoms with Crippen LogP contribution in [-0.2, 0) is 14.3 Å². The second kappa shape index (κ2) is 4.92. The highest BCUT2D eigenvalue weighted by atomic mass is 16.5. The summed E-state index contributed by atoms with van der Waals surface area (Å²) in [5, 5.41) is 19.5. The molecule has 1 amide bonds. The second-order valence-corrected chi connectivity index (χ2v) is 3.10. The van der Waals surface area contributed by atoms with E-state index in [0.29, 0.717) is 13.0 Å². The van der Waals surface area contributed by atoms with Crippen LogP contribution in [-0.4, -0.2) is 47.4 Å². The van der Waals surface area contributed by atoms with Crippen molar-refractivity contribution in [1.82, 2.24) is 5.32 Å². The van der Waals surface area contributed by atoms with Crippen molar-refractivity contribution in [3.8, 4) is 0 Å². The van der Waals surface area contributed by atoms with E-state index in [4.69, 9.17) is 14.9 Å². The fraction of sp³-hybridized carbons (Fsp3) is 0.750. The van der Waals surface area contributed by atoms with Gasteiger partial charge in [-0.15, -0.1) is 0 Å². The summed E-state index contributed by atoms with van der Waals surface area (Å²) in [6, 6.07) is 0. The van der Waals surface area contributed by atoms with Crippen LogP contribution >= 0.6 is 0 Å². The zero-order chi connectivity index (χ0) is 10.6. The number of hydrogen-bond donors (Lipinski definition) is 3. The summed E-state index contributed by atoms with van der Waals surface area (Å²) < 4.78 is 5.07. The molecule has 1 saturated heterocycles. The predicted molar refractivity (Wildman–Crippen MR) is 45.6 cm³/mol. The zero-order valence-electron chi connectivity index (χ0n) is 7.60. The van der Waals surface area contributed by atoms with Crippen molar-refractivity contribution in [1.29, 1.82) is 0 Å². The summed E-state index contributed by atoms with van der Waals surface area (Å²) in [5.41, 5.74) is 0. The van der Waals surface area contributed by atoms with Crippen LogP contribution in [0.1, 0.15) is 12.8 Å². The summed E-state index contributed by atoms with van der Waals surface area (Å²) in [6.45, 7) is 0.271. The maximum absolute atomic E-state index is 11.2. The van der Waals surface area contributed by atoms with Crippen molar-refractivity contribution in [3.05, 3.63) is 0 Å². The van der Waals surface area contributed by atoms with Gasteiger partial charge in [0.05, 0.1) is 6.54 Å². The highest BCUT2D eigenvalue weighted by Gasteiger charge is 2.24. The molecule has 14 heavy (non-hydrogen) atoms. The molecule has 0 radical (unpaired) electrons. The number of ether oxygens (including phenoxy) is 1. The van der Waals surface area contributed by atoms with Crippen molar-refractivity contribution in [2.24, 2.45) is 0 Å². The molecule has 0 aliphatic carbocycles. The lowest BCUT2D eigenvalue weighted by atomic mass is 10.2. The van der Waals surface area contributed by atoms with E-state index in [1.165, 1.54) is 0 Å². The molecule has 0 bridgehead atoms. The molecule has 6 nitrogen and oxygen atoms in total. The van der Waals surface area contributed by atoms with Gasteiger partial charge in [-0.25, -0.2) is 4.79 Å². The number of carbonyl (C=O) groups is 2. The van der Waals surface area contributed by atoms with Crippen LogP contribution in [0.3, 0.4) is 0 Å². The third kappa shape index (κ3) is 2.97. The molecular weight excluding hydrogens is 190 g/mol. The van der Waals surface area contributed by atoms with E-state index in [1.807, 2.05) is 0 Å². The van der Waals surface area contributed by atoms with Gasteiger partial charge >= 0.3 is 5.97 Å². The number of aliphatic hydroxyl groups is 1. The molecule has 1 heterocycles. The van der Waals surface area contributed by atoms with Gasteiger partial charge in [0.2, 0.25) is 5.91 Å². The van der Waals surface area contributed by atoms with Crippen LogP contribution in [0.15, 0.2) is 0 Å². The first kappa shape index (κ1) is 10.9. The third-order valence-corrected chi connectivity index (χ3v) is 1.98. The van der Waals surface area contributed by atoms with Gasteiger partial charge in [0, 0.05) is 6.61 Å². The van der Waals surface area contributed by atoms with Crippen molar-refractivity contribution in [2.75, 3.05) is 13.2 Å². The SMILES string of the molecule is O=C(O)C(O)CNC(=O)C1CCCO1. The van der Waals surface area contributed by atoms with Gasteiger partial charge in [0.15, 0.2) is 6.10 Å². The molecule has 0 spiro atoms. The standard InChI is InChI=1S/C8H13NO5/c10-5(8(12)13)4-9-7(11)6-2-1-3-14-6/h5-6,10H,1-4H2,(H,9,11)(H,12,13). The average molecular weight is 203 g/mol. The Kier molecular flexibility index (Phi) is 3.84. The number of amides is 1. The minimum Gasteiger partial charge on any atom is -0.479 e. The molecule has 1 fully saturated rings. The summed E-state index contributed by atoms with van der Waals surface area (Å²) in [4.78, 5) is 21.4. The van der Waals surface area contributed by atoms with Gasteiger partial charge in [-0.05, 0) is 12.8 Å². The van der Waals surface area contributed by atoms with E-state index in [9.17, 15) is 9.59 Å². The minimum atomic E-state index is -1.56. The predicted octanol–water partition coefficient (Wildman–Crippen LogP) is -1.27. The first-order valence-corrected chi connectivity index (χ1v) is 4.41. The summed E-state index contributed by atoms with van der Waals surface area (Å²) in [6.07, 6.45) is -0.564. The lowest BCUT2D eigenvalue weighted by Gasteiger charge is -2.11. The van der Waals surface area contributed by atoms with E-state index in [2.05, 4.69) is 5.32 Å². The zero-order valence-corrected chi connectivity index (χ0v) is 7.60. The molecule has 3 N–H and O–H groups in total. The molecule has 1 aliphatic heterocycles. The molecule has 6 heteroatoms. The summed E-state index contributed by atoms with van der Waals surface area (Å²) in [7, 11) is 0. The Morgan fingerprint density at radius 1 is 1.57 bits per heavy atom. The van der Waals surface area contributed by atoms with Crippen LogP contribution in [0.25, 0.3) is 0 Å². The largest absolute Gasteiger partial charge is 0.479 e. The van der Waals surface area contributed by atoms with Crippen LogP contribution < -0.4 is 5.32 Å². The number of carbonyl (C=O) groups excluding carboxylic acids is 1. The van der Waals surface area contributed by atoms with Crippen LogP contribution in [0.4, 0.5) is 0 Å². The van der Waals surface area contributed by atoms with Gasteiger partial charge < -0.3 is 20.3 Å². The Balaban J connectivity index is 2.23. The summed E-state index contributed by atoms with van der Waals surface area (Å²) in [5.74, 6) is -1.71. The number of carboxylic acid groups (broad SMARTS) is 1. The van der Waals surface area contributed by atoms with Crippen molar-refractivity contribution in [2.45, 2.75) is 25.0 Å². The van der Waals surface area contributed by atoms with Crippen molar-refractivity contribution >= 4 is 11.9 Å². The van der Waals surface area contributed by atoms with Gasteiger partial charge in [0.1, 0.15) is 6.10 Å². The van der Waals surface area contributed by atoms with Gasteiger partial charge in [-0.1, -0.05) is 0 Å². The molecule has 2 unspecified atom stereocenters. The average Bonchev–Trinajstić information content (AvgIpc) is 2.66. The van der Waals surface area contributed by atoms with E-state index >= 15 is 0 Å². The molecule has 0 saturated carbocycles. The Labute approximate surface area is 80.9 Å². The number of aliphatic carboxylic acids is 1. The van der Waals surface area contributed by atoms with Crippen LogP contribution in [0, 0.1) is 0 Å². The molecule has 0 aromatic rings. The lowest BCUT2D eigenvalue weighted by molar-refractivity contribution is -0.146. The molecule has 2 atom stereocenters. The maximum Gasteiger partial charge on any atom is 0.334 e. The highest BCUT2D eigenvalue weighted by molar-refractivity contribution is 5.82. The molecule has 80 valence electrons. The van der Waals surface area contributed by atoms with Crippen molar-refractivity contribution < 1.29 is 24.5 Å². The number of rotatable bonds is 4. The third-order valence-electron chi connectivity index (χ3n) is 1.98. The second-order valence-electron chi connectivity index (χ2n) is 3.10. The van der Waals surface area contributed by atoms with Crippen molar-refractivity contribution in [3.63, 3.8) is 0 Å². The number of hydrogen-bond acceptors (Lipinski definition) is 4. The fourth-order valence-corrected chi connectivity index (χ4v) is 1.18. The smallest absolute Gasteiger partial charge is 0.334 e. The molecular formula is C8H13NO5. The minimum absolute atomic E-state index is 0.284. The van der Waals surface area contributed by atoms with Crippen LogP contribution in [0.2, 0.25) is 0 Å². The Hall–Kier alpha value is -1.14. The first-order valence-electron chi connectivity index (χ1n) is 4.41. The van der Waals surface area contributed by atoms with Gasteiger partial charge in [0.25, 0.3) is 0 Å². The van der Waals surface area contributed by atoms with E-state index < -0.39 is 18.2 Å². The quantitative estimate of drug-likeness (QED) is 0.529. The Morgan fingerprint density at radius 3 is 2.79 bits per heavy atom. The van der Waals surface area contributed by atoms with E-state index in [-0.39, 0.29) is 12.5 Å².